The van der Waals surface area contributed by atoms with E-state index >= 15 is 0 Å². The maximum Gasteiger partial charge on any atom is 0.472 e. The topological polar surface area (TPSA) is 120 Å². The summed E-state index contributed by atoms with van der Waals surface area (Å²) in [6.07, 6.45) is 45.6. The Morgan fingerprint density at radius 1 is 0.574 bits per heavy atom. The molecule has 0 spiro atoms. The largest absolute Gasteiger partial charge is 0.472 e. The van der Waals surface area contributed by atoms with Gasteiger partial charge in [0.25, 0.3) is 0 Å². The summed E-state index contributed by atoms with van der Waals surface area (Å²) in [7, 11) is -2.68. The molecule has 0 aliphatic heterocycles. The lowest BCUT2D eigenvalue weighted by molar-refractivity contribution is -0.161. The van der Waals surface area contributed by atoms with Crippen LogP contribution in [0.5, 0.6) is 0 Å². The van der Waals surface area contributed by atoms with E-state index in [1.54, 1.807) is 7.05 Å². The van der Waals surface area contributed by atoms with Crippen LogP contribution < -0.4 is 5.32 Å². The highest BCUT2D eigenvalue weighted by Crippen LogP contribution is 2.43. The fraction of sp³-hybridized carbons (Fsp3) is 0.727. The molecule has 0 saturated heterocycles. The lowest BCUT2D eigenvalue weighted by atomic mass is 10.0. The molecule has 312 valence electrons. The van der Waals surface area contributed by atoms with Gasteiger partial charge >= 0.3 is 19.8 Å². The van der Waals surface area contributed by atoms with Crippen LogP contribution in [-0.2, 0) is 32.7 Å². The fourth-order valence-corrected chi connectivity index (χ4v) is 6.17. The molecule has 0 aliphatic carbocycles. The van der Waals surface area contributed by atoms with Crippen molar-refractivity contribution in [1.29, 1.82) is 0 Å². The number of allylic oxidation sites excluding steroid dienone is 10. The highest BCUT2D eigenvalue weighted by Gasteiger charge is 2.26. The average Bonchev–Trinajstić information content (AvgIpc) is 3.15. The number of nitrogens with one attached hydrogen (secondary N) is 1. The molecule has 9 nitrogen and oxygen atoms in total. The molecule has 0 amide bonds. The number of carbonyl (C=O) groups excluding carboxylic acids is 2. The van der Waals surface area contributed by atoms with Crippen molar-refractivity contribution in [2.24, 2.45) is 0 Å². The molecule has 0 bridgehead atoms. The molecule has 0 fully saturated rings. The molecule has 2 N–H and O–H groups in total. The quantitative estimate of drug-likeness (QED) is 0.0272. The molecular weight excluding hydrogens is 701 g/mol. The Morgan fingerprint density at radius 2 is 1.04 bits per heavy atom. The summed E-state index contributed by atoms with van der Waals surface area (Å²) >= 11 is 0. The summed E-state index contributed by atoms with van der Waals surface area (Å²) in [5.74, 6) is -0.904. The van der Waals surface area contributed by atoms with Gasteiger partial charge in [0.1, 0.15) is 6.61 Å². The van der Waals surface area contributed by atoms with Gasteiger partial charge in [-0.1, -0.05) is 164 Å². The Bertz CT molecular complexity index is 1070. The van der Waals surface area contributed by atoms with Crippen LogP contribution in [0.4, 0.5) is 0 Å². The van der Waals surface area contributed by atoms with Crippen molar-refractivity contribution in [3.63, 3.8) is 0 Å². The standard InChI is InChI=1S/C44H78NO8P/c1-4-6-8-10-12-14-16-18-19-20-21-22-23-25-27-29-31-33-35-37-44(47)53-42(41-52-54(48,49)51-39-38-45-3)40-50-43(46)36-34-32-30-28-26-24-17-15-13-11-9-7-5-2/h12,14,18-19,21-22,25,27,31,33,42,45H,4-11,13,15-17,20,23-24,26,28-30,32,34-41H2,1-3H3,(H,48,49)/b14-12-,19-18-,22-21-,27-25-,33-31-. The van der Waals surface area contributed by atoms with Crippen LogP contribution >= 0.6 is 7.82 Å². The Hall–Kier alpha value is -2.29. The summed E-state index contributed by atoms with van der Waals surface area (Å²) in [5.41, 5.74) is 0. The minimum Gasteiger partial charge on any atom is -0.462 e. The van der Waals surface area contributed by atoms with Gasteiger partial charge in [-0.15, -0.1) is 0 Å². The van der Waals surface area contributed by atoms with Crippen LogP contribution in [0.15, 0.2) is 60.8 Å². The second-order valence-corrected chi connectivity index (χ2v) is 15.3. The lowest BCUT2D eigenvalue weighted by Gasteiger charge is -2.19. The second kappa shape index (κ2) is 40.4. The van der Waals surface area contributed by atoms with E-state index in [0.717, 1.165) is 44.9 Å². The molecular formula is C44H78NO8P. The predicted octanol–water partition coefficient (Wildman–Crippen LogP) is 12.0. The minimum atomic E-state index is -4.37. The molecule has 0 radical (unpaired) electrons. The molecule has 0 heterocycles. The third-order valence-electron chi connectivity index (χ3n) is 8.65. The number of rotatable bonds is 39. The molecule has 2 unspecified atom stereocenters. The first kappa shape index (κ1) is 51.7. The van der Waals surface area contributed by atoms with Gasteiger partial charge < -0.3 is 19.7 Å². The van der Waals surface area contributed by atoms with Crippen LogP contribution in [0.1, 0.15) is 168 Å². The third kappa shape index (κ3) is 39.4. The van der Waals surface area contributed by atoms with Crippen molar-refractivity contribution in [3.05, 3.63) is 60.8 Å². The van der Waals surface area contributed by atoms with Crippen molar-refractivity contribution in [2.45, 2.75) is 174 Å². The number of phosphoric acid groups is 1. The minimum absolute atomic E-state index is 0.0315. The first-order chi connectivity index (χ1) is 26.3. The second-order valence-electron chi connectivity index (χ2n) is 13.8. The molecule has 0 aromatic carbocycles. The fourth-order valence-electron chi connectivity index (χ4n) is 5.42. The molecule has 54 heavy (non-hydrogen) atoms. The van der Waals surface area contributed by atoms with Crippen LogP contribution in [0.25, 0.3) is 0 Å². The molecule has 0 saturated carbocycles. The van der Waals surface area contributed by atoms with E-state index in [1.165, 1.54) is 89.9 Å². The van der Waals surface area contributed by atoms with Crippen molar-refractivity contribution >= 4 is 19.8 Å². The van der Waals surface area contributed by atoms with Gasteiger partial charge in [-0.05, 0) is 58.4 Å². The molecule has 0 aromatic rings. The Labute approximate surface area is 330 Å². The molecule has 10 heteroatoms. The van der Waals surface area contributed by atoms with Crippen LogP contribution in [0, 0.1) is 0 Å². The highest BCUT2D eigenvalue weighted by atomic mass is 31.2. The number of esters is 2. The van der Waals surface area contributed by atoms with E-state index in [1.807, 2.05) is 12.2 Å². The zero-order chi connectivity index (χ0) is 39.6. The van der Waals surface area contributed by atoms with Crippen LogP contribution in [0.3, 0.4) is 0 Å². The van der Waals surface area contributed by atoms with Gasteiger partial charge in [0.2, 0.25) is 0 Å². The summed E-state index contributed by atoms with van der Waals surface area (Å²) in [6.45, 7) is 4.10. The van der Waals surface area contributed by atoms with Crippen molar-refractivity contribution in [2.75, 3.05) is 33.4 Å². The van der Waals surface area contributed by atoms with E-state index in [9.17, 15) is 19.0 Å². The summed E-state index contributed by atoms with van der Waals surface area (Å²) in [5, 5.41) is 2.81. The van der Waals surface area contributed by atoms with Gasteiger partial charge in [0, 0.05) is 19.4 Å². The van der Waals surface area contributed by atoms with Crippen molar-refractivity contribution in [3.8, 4) is 0 Å². The monoisotopic (exact) mass is 780 g/mol. The van der Waals surface area contributed by atoms with Gasteiger partial charge in [0.05, 0.1) is 13.2 Å². The smallest absolute Gasteiger partial charge is 0.462 e. The Balaban J connectivity index is 4.38. The van der Waals surface area contributed by atoms with Gasteiger partial charge in [-0.3, -0.25) is 18.6 Å². The summed E-state index contributed by atoms with van der Waals surface area (Å²) in [6, 6.07) is 0. The first-order valence-corrected chi connectivity index (χ1v) is 22.7. The lowest BCUT2D eigenvalue weighted by Crippen LogP contribution is -2.29. The van der Waals surface area contributed by atoms with E-state index in [2.05, 4.69) is 67.8 Å². The number of phosphoric ester groups is 1. The van der Waals surface area contributed by atoms with Crippen molar-refractivity contribution < 1.29 is 37.6 Å². The van der Waals surface area contributed by atoms with Crippen LogP contribution in [-0.4, -0.2) is 56.3 Å². The summed E-state index contributed by atoms with van der Waals surface area (Å²) in [4.78, 5) is 35.0. The number of hydrogen-bond acceptors (Lipinski definition) is 8. The van der Waals surface area contributed by atoms with E-state index < -0.39 is 32.5 Å². The number of likely N-dealkylation sites (N-methyl/N-ethyl adjacent to an activating group) is 1. The zero-order valence-electron chi connectivity index (χ0n) is 34.4. The van der Waals surface area contributed by atoms with E-state index in [4.69, 9.17) is 18.5 Å². The molecule has 0 aliphatic rings. The third-order valence-corrected chi connectivity index (χ3v) is 9.64. The first-order valence-electron chi connectivity index (χ1n) is 21.2. The SMILES string of the molecule is CCCCC/C=C\C/C=C\C/C=C\C/C=C\C/C=C\CCC(=O)OC(COC(=O)CCCCCCCCCCCCCCC)COP(=O)(O)OCCNC. The summed E-state index contributed by atoms with van der Waals surface area (Å²) < 4.78 is 33.1. The Kier molecular flexibility index (Phi) is 38.7. The number of ether oxygens (including phenoxy) is 2. The highest BCUT2D eigenvalue weighted by molar-refractivity contribution is 7.47. The zero-order valence-corrected chi connectivity index (χ0v) is 35.3. The molecule has 0 rings (SSSR count). The van der Waals surface area contributed by atoms with Crippen LogP contribution in [0.2, 0.25) is 0 Å². The van der Waals surface area contributed by atoms with Crippen molar-refractivity contribution in [1.82, 2.24) is 5.32 Å². The van der Waals surface area contributed by atoms with Gasteiger partial charge in [0.15, 0.2) is 6.10 Å². The molecule has 2 atom stereocenters. The van der Waals surface area contributed by atoms with E-state index in [0.29, 0.717) is 13.0 Å². The maximum absolute atomic E-state index is 12.6. The molecule has 0 aromatic heterocycles. The number of hydrogen-bond donors (Lipinski definition) is 2. The Morgan fingerprint density at radius 3 is 1.56 bits per heavy atom. The maximum atomic E-state index is 12.6. The number of carbonyl (C=O) groups is 2. The predicted molar refractivity (Wildman–Crippen MR) is 224 cm³/mol. The van der Waals surface area contributed by atoms with Gasteiger partial charge in [-0.2, -0.15) is 0 Å². The van der Waals surface area contributed by atoms with E-state index in [-0.39, 0.29) is 26.1 Å². The number of unbranched alkanes of at least 4 members (excludes halogenated alkanes) is 15. The average molecular weight is 780 g/mol. The normalized spacial score (nSPS) is 13.9. The van der Waals surface area contributed by atoms with Gasteiger partial charge in [-0.25, -0.2) is 4.57 Å².